The van der Waals surface area contributed by atoms with Gasteiger partial charge < -0.3 is 0 Å². The number of hydrogen-bond acceptors (Lipinski definition) is 5. The molecule has 2 rings (SSSR count). The molecule has 1 aromatic carbocycles. The Bertz CT molecular complexity index is 624. The Morgan fingerprint density at radius 3 is 2.45 bits per heavy atom. The lowest BCUT2D eigenvalue weighted by atomic mass is 9.92. The van der Waals surface area contributed by atoms with Crippen LogP contribution in [0.15, 0.2) is 6.07 Å². The van der Waals surface area contributed by atoms with Crippen LogP contribution in [0.25, 0.3) is 0 Å². The van der Waals surface area contributed by atoms with Crippen molar-refractivity contribution in [1.29, 1.82) is 0 Å². The summed E-state index contributed by atoms with van der Waals surface area (Å²) >= 11 is 0. The third kappa shape index (κ3) is 2.04. The van der Waals surface area contributed by atoms with Crippen LogP contribution in [-0.2, 0) is 0 Å². The third-order valence-electron chi connectivity index (χ3n) is 3.66. The number of Topliss-reactive ketones (excluding diaryl/α,β-unsaturated/α-hetero) is 1. The quantitative estimate of drug-likeness (QED) is 0.621. The average molecular weight is 278 g/mol. The highest BCUT2D eigenvalue weighted by molar-refractivity contribution is 6.06. The normalized spacial score (nSPS) is 17.1. The van der Waals surface area contributed by atoms with Crippen molar-refractivity contribution in [2.75, 3.05) is 0 Å². The first kappa shape index (κ1) is 14.1. The van der Waals surface area contributed by atoms with Gasteiger partial charge in [-0.2, -0.15) is 0 Å². The monoisotopic (exact) mass is 278 g/mol. The number of carbonyl (C=O) groups excluding carboxylic acids is 1. The van der Waals surface area contributed by atoms with Crippen molar-refractivity contribution in [2.45, 2.75) is 39.0 Å². The second kappa shape index (κ2) is 4.99. The number of hydrogen-bond donors (Lipinski definition) is 0. The van der Waals surface area contributed by atoms with Gasteiger partial charge in [0.2, 0.25) is 0 Å². The summed E-state index contributed by atoms with van der Waals surface area (Å²) in [5.41, 5.74) is -0.105. The van der Waals surface area contributed by atoms with Gasteiger partial charge in [0.05, 0.1) is 9.85 Å². The Labute approximate surface area is 114 Å². The Hall–Kier alpha value is -2.31. The number of nitro benzene ring substituents is 2. The molecular weight excluding hydrogens is 264 g/mol. The molecular formula is C13H14N2O5. The zero-order valence-corrected chi connectivity index (χ0v) is 11.2. The van der Waals surface area contributed by atoms with Crippen LogP contribution < -0.4 is 0 Å². The first-order valence-corrected chi connectivity index (χ1v) is 6.37. The first-order chi connectivity index (χ1) is 9.38. The number of nitrogens with zero attached hydrogens (tertiary/aromatic N) is 2. The number of fused-ring (bicyclic) bond motifs is 1. The van der Waals surface area contributed by atoms with Crippen molar-refractivity contribution < 1.29 is 14.6 Å². The van der Waals surface area contributed by atoms with Gasteiger partial charge in [-0.1, -0.05) is 13.3 Å². The van der Waals surface area contributed by atoms with Crippen LogP contribution in [0.3, 0.4) is 0 Å². The van der Waals surface area contributed by atoms with Gasteiger partial charge in [-0.3, -0.25) is 25.0 Å². The van der Waals surface area contributed by atoms with E-state index >= 15 is 0 Å². The molecule has 0 radical (unpaired) electrons. The van der Waals surface area contributed by atoms with Crippen LogP contribution in [0.1, 0.15) is 53.6 Å². The minimum Gasteiger partial charge on any atom is -0.294 e. The number of carbonyl (C=O) groups is 1. The molecule has 0 aliphatic heterocycles. The first-order valence-electron chi connectivity index (χ1n) is 6.37. The van der Waals surface area contributed by atoms with Crippen molar-refractivity contribution in [3.63, 3.8) is 0 Å². The molecule has 1 aliphatic rings. The molecule has 7 nitrogen and oxygen atoms in total. The van der Waals surface area contributed by atoms with Gasteiger partial charge in [-0.15, -0.1) is 0 Å². The van der Waals surface area contributed by atoms with Crippen LogP contribution in [0.5, 0.6) is 0 Å². The number of aryl methyl sites for hydroxylation is 1. The van der Waals surface area contributed by atoms with Crippen molar-refractivity contribution in [3.8, 4) is 0 Å². The van der Waals surface area contributed by atoms with Crippen LogP contribution in [-0.4, -0.2) is 15.6 Å². The van der Waals surface area contributed by atoms with Gasteiger partial charge in [0, 0.05) is 12.5 Å². The molecule has 1 unspecified atom stereocenters. The Morgan fingerprint density at radius 2 is 1.95 bits per heavy atom. The predicted molar refractivity (Wildman–Crippen MR) is 71.1 cm³/mol. The lowest BCUT2D eigenvalue weighted by Gasteiger charge is -2.12. The fraction of sp³-hybridized carbons (Fsp3) is 0.462. The van der Waals surface area contributed by atoms with E-state index in [4.69, 9.17) is 0 Å². The number of nitro groups is 2. The summed E-state index contributed by atoms with van der Waals surface area (Å²) in [6.07, 6.45) is 1.79. The smallest absolute Gasteiger partial charge is 0.294 e. The number of rotatable bonds is 4. The molecule has 0 fully saturated rings. The van der Waals surface area contributed by atoms with Crippen LogP contribution in [0.4, 0.5) is 11.4 Å². The summed E-state index contributed by atoms with van der Waals surface area (Å²) in [6.45, 7) is 3.63. The summed E-state index contributed by atoms with van der Waals surface area (Å²) in [5.74, 6) is -0.432. The zero-order valence-electron chi connectivity index (χ0n) is 11.2. The van der Waals surface area contributed by atoms with E-state index in [1.54, 1.807) is 6.92 Å². The van der Waals surface area contributed by atoms with Crippen LogP contribution in [0, 0.1) is 27.2 Å². The molecule has 1 atom stereocenters. The van der Waals surface area contributed by atoms with Gasteiger partial charge in [-0.05, 0) is 30.4 Å². The van der Waals surface area contributed by atoms with Gasteiger partial charge in [0.25, 0.3) is 0 Å². The van der Waals surface area contributed by atoms with Gasteiger partial charge in [0.15, 0.2) is 5.78 Å². The van der Waals surface area contributed by atoms with E-state index in [1.807, 2.05) is 6.92 Å². The molecule has 0 spiro atoms. The largest absolute Gasteiger partial charge is 0.357 e. The second-order valence-electron chi connectivity index (χ2n) is 4.98. The average Bonchev–Trinajstić information content (AvgIpc) is 2.67. The highest BCUT2D eigenvalue weighted by Crippen LogP contribution is 2.46. The maximum Gasteiger partial charge on any atom is 0.357 e. The summed E-state index contributed by atoms with van der Waals surface area (Å²) in [5, 5.41) is 22.1. The van der Waals surface area contributed by atoms with Crippen molar-refractivity contribution in [1.82, 2.24) is 0 Å². The Morgan fingerprint density at radius 1 is 1.30 bits per heavy atom. The van der Waals surface area contributed by atoms with E-state index in [-0.39, 0.29) is 23.7 Å². The maximum absolute atomic E-state index is 12.1. The molecule has 1 aromatic rings. The lowest BCUT2D eigenvalue weighted by molar-refractivity contribution is -0.422. The number of benzene rings is 1. The second-order valence-corrected chi connectivity index (χ2v) is 4.98. The lowest BCUT2D eigenvalue weighted by Crippen LogP contribution is -2.05. The topological polar surface area (TPSA) is 103 Å². The Balaban J connectivity index is 2.77. The van der Waals surface area contributed by atoms with Gasteiger partial charge in [0.1, 0.15) is 5.56 Å². The number of ketones is 1. The molecule has 20 heavy (non-hydrogen) atoms. The molecule has 0 saturated carbocycles. The molecule has 7 heteroatoms. The Kier molecular flexibility index (Phi) is 3.52. The van der Waals surface area contributed by atoms with E-state index in [0.717, 1.165) is 12.8 Å². The highest BCUT2D eigenvalue weighted by Gasteiger charge is 2.42. The summed E-state index contributed by atoms with van der Waals surface area (Å²) < 4.78 is 0. The van der Waals surface area contributed by atoms with E-state index in [9.17, 15) is 25.0 Å². The molecule has 0 bridgehead atoms. The molecule has 0 saturated heterocycles. The standard InChI is InChI=1S/C13H14N2O5/c1-3-4-8-6-10(16)12-11(8)7(2)5-9(14(17)18)13(12)15(19)20/h5,8H,3-4,6H2,1-2H3. The molecule has 1 aliphatic carbocycles. The summed E-state index contributed by atoms with van der Waals surface area (Å²) in [7, 11) is 0. The van der Waals surface area contributed by atoms with Crippen LogP contribution in [0.2, 0.25) is 0 Å². The minimum absolute atomic E-state index is 0.0554. The molecule has 0 heterocycles. The third-order valence-corrected chi connectivity index (χ3v) is 3.66. The van der Waals surface area contributed by atoms with Crippen molar-refractivity contribution in [2.24, 2.45) is 0 Å². The van der Waals surface area contributed by atoms with Crippen molar-refractivity contribution >= 4 is 17.2 Å². The van der Waals surface area contributed by atoms with Gasteiger partial charge in [-0.25, -0.2) is 0 Å². The van der Waals surface area contributed by atoms with E-state index in [1.165, 1.54) is 6.07 Å². The van der Waals surface area contributed by atoms with Crippen molar-refractivity contribution in [3.05, 3.63) is 43.0 Å². The molecule has 0 amide bonds. The predicted octanol–water partition coefficient (Wildman–Crippen LogP) is 3.28. The summed E-state index contributed by atoms with van der Waals surface area (Å²) in [6, 6.07) is 1.21. The van der Waals surface area contributed by atoms with E-state index in [2.05, 4.69) is 0 Å². The molecule has 0 N–H and O–H groups in total. The van der Waals surface area contributed by atoms with E-state index < -0.39 is 21.2 Å². The zero-order chi connectivity index (χ0) is 15.0. The fourth-order valence-corrected chi connectivity index (χ4v) is 2.96. The summed E-state index contributed by atoms with van der Waals surface area (Å²) in [4.78, 5) is 32.6. The fourth-order valence-electron chi connectivity index (χ4n) is 2.96. The van der Waals surface area contributed by atoms with Gasteiger partial charge >= 0.3 is 11.4 Å². The maximum atomic E-state index is 12.1. The molecule has 0 aromatic heterocycles. The highest BCUT2D eigenvalue weighted by atomic mass is 16.6. The SMILES string of the molecule is CCCC1CC(=O)c2c1c(C)cc([N+](=O)[O-])c2[N+](=O)[O-]. The van der Waals surface area contributed by atoms with Crippen LogP contribution >= 0.6 is 0 Å². The minimum atomic E-state index is -0.817. The van der Waals surface area contributed by atoms with E-state index in [0.29, 0.717) is 11.1 Å². The molecule has 106 valence electrons.